The Kier molecular flexibility index (Phi) is 3.44. The molecule has 3 N–H and O–H groups in total. The molecular formula is C11H10ClN3O3S. The Balaban J connectivity index is 2.98. The fourth-order valence-electron chi connectivity index (χ4n) is 1.66. The highest BCUT2D eigenvalue weighted by Gasteiger charge is 2.26. The molecule has 6 nitrogen and oxygen atoms in total. The van der Waals surface area contributed by atoms with E-state index in [2.05, 4.69) is 9.71 Å². The zero-order valence-corrected chi connectivity index (χ0v) is 11.4. The van der Waals surface area contributed by atoms with Crippen molar-refractivity contribution in [1.82, 2.24) is 9.71 Å². The molecule has 0 aliphatic carbocycles. The molecule has 0 bridgehead atoms. The second kappa shape index (κ2) is 4.76. The van der Waals surface area contributed by atoms with Crippen LogP contribution >= 0.6 is 11.6 Å². The summed E-state index contributed by atoms with van der Waals surface area (Å²) in [6.07, 6.45) is 0. The van der Waals surface area contributed by atoms with Crippen LogP contribution in [0.4, 0.5) is 0 Å². The number of pyridine rings is 1. The Morgan fingerprint density at radius 2 is 2.00 bits per heavy atom. The van der Waals surface area contributed by atoms with Gasteiger partial charge in [-0.1, -0.05) is 29.8 Å². The molecule has 0 saturated carbocycles. The Hall–Kier alpha value is -1.70. The summed E-state index contributed by atoms with van der Waals surface area (Å²) < 4.78 is 25.9. The summed E-state index contributed by atoms with van der Waals surface area (Å²) in [4.78, 5) is 15.4. The van der Waals surface area contributed by atoms with Gasteiger partial charge in [0, 0.05) is 5.39 Å². The number of nitrogens with two attached hydrogens (primary N) is 1. The molecule has 0 fully saturated rings. The zero-order valence-electron chi connectivity index (χ0n) is 9.84. The van der Waals surface area contributed by atoms with Gasteiger partial charge in [-0.05, 0) is 13.1 Å². The normalized spacial score (nSPS) is 11.7. The molecule has 1 heterocycles. The second-order valence-corrected chi connectivity index (χ2v) is 5.87. The van der Waals surface area contributed by atoms with Gasteiger partial charge < -0.3 is 5.73 Å². The van der Waals surface area contributed by atoms with Crippen LogP contribution in [0.2, 0.25) is 5.02 Å². The largest absolute Gasteiger partial charge is 0.365 e. The van der Waals surface area contributed by atoms with Crippen molar-refractivity contribution in [3.63, 3.8) is 0 Å². The van der Waals surface area contributed by atoms with Gasteiger partial charge in [0.1, 0.15) is 0 Å². The van der Waals surface area contributed by atoms with Crippen molar-refractivity contribution >= 4 is 38.4 Å². The molecule has 0 aliphatic rings. The third-order valence-electron chi connectivity index (χ3n) is 2.57. The monoisotopic (exact) mass is 299 g/mol. The Morgan fingerprint density at radius 1 is 1.37 bits per heavy atom. The van der Waals surface area contributed by atoms with Crippen LogP contribution in [0, 0.1) is 0 Å². The fraction of sp³-hybridized carbons (Fsp3) is 0.0909. The maximum Gasteiger partial charge on any atom is 0.258 e. The minimum Gasteiger partial charge on any atom is -0.365 e. The quantitative estimate of drug-likeness (QED) is 0.878. The van der Waals surface area contributed by atoms with Crippen LogP contribution in [-0.4, -0.2) is 26.4 Å². The highest BCUT2D eigenvalue weighted by atomic mass is 35.5. The molecule has 100 valence electrons. The molecule has 0 unspecified atom stereocenters. The summed E-state index contributed by atoms with van der Waals surface area (Å²) >= 11 is 6.07. The van der Waals surface area contributed by atoms with Crippen molar-refractivity contribution in [2.24, 2.45) is 5.73 Å². The topological polar surface area (TPSA) is 102 Å². The molecule has 1 aromatic heterocycles. The summed E-state index contributed by atoms with van der Waals surface area (Å²) in [5.41, 5.74) is 5.26. The van der Waals surface area contributed by atoms with E-state index < -0.39 is 21.0 Å². The molecule has 19 heavy (non-hydrogen) atoms. The summed E-state index contributed by atoms with van der Waals surface area (Å²) in [5.74, 6) is -0.947. The molecule has 0 radical (unpaired) electrons. The molecule has 1 aromatic carbocycles. The molecule has 0 atom stereocenters. The van der Waals surface area contributed by atoms with Gasteiger partial charge in [0.25, 0.3) is 15.9 Å². The van der Waals surface area contributed by atoms with Crippen molar-refractivity contribution in [2.45, 2.75) is 5.03 Å². The number of nitrogens with one attached hydrogen (secondary N) is 1. The lowest BCUT2D eigenvalue weighted by Crippen LogP contribution is -2.25. The standard InChI is InChI=1S/C11H10ClN3O3S/c1-14-19(17,18)11-8(10(13)16)9(12)6-4-2-3-5-7(6)15-11/h2-5,14H,1H3,(H2,13,16). The van der Waals surface area contributed by atoms with Gasteiger partial charge in [-0.25, -0.2) is 18.1 Å². The number of hydrogen-bond acceptors (Lipinski definition) is 4. The van der Waals surface area contributed by atoms with E-state index in [1.165, 1.54) is 7.05 Å². The van der Waals surface area contributed by atoms with Crippen LogP contribution < -0.4 is 10.5 Å². The highest BCUT2D eigenvalue weighted by Crippen LogP contribution is 2.29. The Morgan fingerprint density at radius 3 is 2.58 bits per heavy atom. The van der Waals surface area contributed by atoms with Crippen LogP contribution in [0.25, 0.3) is 10.9 Å². The molecule has 2 rings (SSSR count). The van der Waals surface area contributed by atoms with Crippen molar-refractivity contribution in [1.29, 1.82) is 0 Å². The summed E-state index contributed by atoms with van der Waals surface area (Å²) in [7, 11) is -2.72. The SMILES string of the molecule is CNS(=O)(=O)c1nc2ccccc2c(Cl)c1C(N)=O. The van der Waals surface area contributed by atoms with Gasteiger partial charge in [0.15, 0.2) is 5.03 Å². The Labute approximate surface area is 114 Å². The Bertz CT molecular complexity index is 774. The number of carbonyl (C=O) groups excluding carboxylic acids is 1. The number of amides is 1. The van der Waals surface area contributed by atoms with Crippen molar-refractivity contribution in [3.8, 4) is 0 Å². The number of halogens is 1. The van der Waals surface area contributed by atoms with E-state index in [1.54, 1.807) is 24.3 Å². The number of fused-ring (bicyclic) bond motifs is 1. The first-order chi connectivity index (χ1) is 8.88. The van der Waals surface area contributed by atoms with Crippen molar-refractivity contribution in [2.75, 3.05) is 7.05 Å². The van der Waals surface area contributed by atoms with Gasteiger partial charge >= 0.3 is 0 Å². The van der Waals surface area contributed by atoms with Crippen molar-refractivity contribution < 1.29 is 13.2 Å². The van der Waals surface area contributed by atoms with Crippen LogP contribution in [0.1, 0.15) is 10.4 Å². The van der Waals surface area contributed by atoms with Gasteiger partial charge in [-0.15, -0.1) is 0 Å². The van der Waals surface area contributed by atoms with Crippen molar-refractivity contribution in [3.05, 3.63) is 34.9 Å². The lowest BCUT2D eigenvalue weighted by atomic mass is 10.1. The van der Waals surface area contributed by atoms with Crippen LogP contribution in [0.5, 0.6) is 0 Å². The minimum absolute atomic E-state index is 0.0214. The van der Waals surface area contributed by atoms with E-state index in [0.29, 0.717) is 10.9 Å². The lowest BCUT2D eigenvalue weighted by Gasteiger charge is -2.10. The number of hydrogen-bond donors (Lipinski definition) is 2. The highest BCUT2D eigenvalue weighted by molar-refractivity contribution is 7.89. The number of sulfonamides is 1. The molecule has 8 heteroatoms. The summed E-state index contributed by atoms with van der Waals surface area (Å²) in [5, 5.41) is -0.0221. The van der Waals surface area contributed by atoms with Crippen LogP contribution in [-0.2, 0) is 10.0 Å². The van der Waals surface area contributed by atoms with E-state index in [4.69, 9.17) is 17.3 Å². The summed E-state index contributed by atoms with van der Waals surface area (Å²) in [6.45, 7) is 0. The predicted octanol–water partition coefficient (Wildman–Crippen LogP) is 0.895. The molecule has 1 amide bonds. The number of benzene rings is 1. The zero-order chi connectivity index (χ0) is 14.2. The van der Waals surface area contributed by atoms with E-state index >= 15 is 0 Å². The maximum absolute atomic E-state index is 11.9. The first-order valence-electron chi connectivity index (χ1n) is 5.20. The first kappa shape index (κ1) is 13.7. The number of para-hydroxylation sites is 1. The van der Waals surface area contributed by atoms with Gasteiger partial charge in [-0.2, -0.15) is 0 Å². The van der Waals surface area contributed by atoms with Gasteiger partial charge in [-0.3, -0.25) is 4.79 Å². The van der Waals surface area contributed by atoms with E-state index in [1.807, 2.05) is 0 Å². The maximum atomic E-state index is 11.9. The number of rotatable bonds is 3. The average Bonchev–Trinajstić information content (AvgIpc) is 2.38. The van der Waals surface area contributed by atoms with E-state index in [9.17, 15) is 13.2 Å². The average molecular weight is 300 g/mol. The van der Waals surface area contributed by atoms with Crippen LogP contribution in [0.3, 0.4) is 0 Å². The predicted molar refractivity (Wildman–Crippen MR) is 71.5 cm³/mol. The number of carbonyl (C=O) groups is 1. The summed E-state index contributed by atoms with van der Waals surface area (Å²) in [6, 6.07) is 6.62. The minimum atomic E-state index is -3.93. The van der Waals surface area contributed by atoms with Gasteiger partial charge in [0.05, 0.1) is 16.1 Å². The molecule has 0 saturated heterocycles. The molecule has 2 aromatic rings. The lowest BCUT2D eigenvalue weighted by molar-refractivity contribution is 0.0997. The second-order valence-electron chi connectivity index (χ2n) is 3.69. The van der Waals surface area contributed by atoms with Crippen LogP contribution in [0.15, 0.2) is 29.3 Å². The first-order valence-corrected chi connectivity index (χ1v) is 7.06. The van der Waals surface area contributed by atoms with E-state index in [0.717, 1.165) is 0 Å². The number of nitrogens with zero attached hydrogens (tertiary/aromatic N) is 1. The molecule has 0 aliphatic heterocycles. The molecular weight excluding hydrogens is 290 g/mol. The fourth-order valence-corrected chi connectivity index (χ4v) is 2.94. The third-order valence-corrected chi connectivity index (χ3v) is 4.30. The number of primary amides is 1. The molecule has 0 spiro atoms. The number of aromatic nitrogens is 1. The smallest absolute Gasteiger partial charge is 0.258 e. The van der Waals surface area contributed by atoms with E-state index in [-0.39, 0.29) is 10.6 Å². The third kappa shape index (κ3) is 2.27. The van der Waals surface area contributed by atoms with Gasteiger partial charge in [0.2, 0.25) is 0 Å².